The van der Waals surface area contributed by atoms with Gasteiger partial charge in [0.25, 0.3) is 0 Å². The number of nitrogens with two attached hydrogens (primary N) is 1. The van der Waals surface area contributed by atoms with Gasteiger partial charge in [-0.3, -0.25) is 0 Å². The van der Waals surface area contributed by atoms with Gasteiger partial charge in [0.15, 0.2) is 16.5 Å². The molecule has 2 aromatic rings. The average molecular weight is 306 g/mol. The lowest BCUT2D eigenvalue weighted by atomic mass is 10.1. The van der Waals surface area contributed by atoms with Crippen LogP contribution in [0.25, 0.3) is 11.3 Å². The van der Waals surface area contributed by atoms with Gasteiger partial charge < -0.3 is 0 Å². The van der Waals surface area contributed by atoms with Gasteiger partial charge in [-0.15, -0.1) is 0 Å². The Morgan fingerprint density at radius 2 is 1.95 bits per heavy atom. The van der Waals surface area contributed by atoms with E-state index in [0.29, 0.717) is 0 Å². The summed E-state index contributed by atoms with van der Waals surface area (Å²) in [6.07, 6.45) is 2.44. The lowest BCUT2D eigenvalue weighted by Gasteiger charge is -2.09. The molecule has 2 rings (SSSR count). The van der Waals surface area contributed by atoms with E-state index in [2.05, 4.69) is 9.97 Å². The molecule has 0 aliphatic carbocycles. The van der Waals surface area contributed by atoms with Crippen molar-refractivity contribution in [1.82, 2.24) is 9.97 Å². The van der Waals surface area contributed by atoms with Crippen LogP contribution in [0.2, 0.25) is 5.02 Å². The van der Waals surface area contributed by atoms with Crippen molar-refractivity contribution in [2.24, 2.45) is 5.14 Å². The summed E-state index contributed by atoms with van der Waals surface area (Å²) >= 11 is 5.54. The van der Waals surface area contributed by atoms with E-state index in [-0.39, 0.29) is 11.3 Å². The summed E-state index contributed by atoms with van der Waals surface area (Å²) < 4.78 is 50.1. The number of aromatic nitrogens is 2. The highest BCUT2D eigenvalue weighted by atomic mass is 35.5. The van der Waals surface area contributed by atoms with Crippen LogP contribution in [-0.2, 0) is 10.0 Å². The molecule has 19 heavy (non-hydrogen) atoms. The molecule has 5 nitrogen and oxygen atoms in total. The van der Waals surface area contributed by atoms with Gasteiger partial charge in [0, 0.05) is 11.8 Å². The number of sulfonamides is 1. The standard InChI is InChI=1S/C10H6ClF2N3O2S/c11-6-3-5(7-1-2-15-4-16-7)8(12)10(9(6)13)19(14,17)18/h1-4H,(H2,14,17,18). The van der Waals surface area contributed by atoms with Gasteiger partial charge in [0.05, 0.1) is 10.7 Å². The molecule has 0 saturated carbocycles. The van der Waals surface area contributed by atoms with Crippen molar-refractivity contribution in [3.8, 4) is 11.3 Å². The number of hydrogen-bond donors (Lipinski definition) is 1. The van der Waals surface area contributed by atoms with E-state index in [4.69, 9.17) is 16.7 Å². The van der Waals surface area contributed by atoms with E-state index in [1.54, 1.807) is 0 Å². The van der Waals surface area contributed by atoms with Crippen molar-refractivity contribution < 1.29 is 17.2 Å². The molecule has 0 atom stereocenters. The van der Waals surface area contributed by atoms with Crippen LogP contribution in [0.3, 0.4) is 0 Å². The largest absolute Gasteiger partial charge is 0.245 e. The molecular formula is C10H6ClF2N3O2S. The van der Waals surface area contributed by atoms with Gasteiger partial charge in [-0.25, -0.2) is 32.3 Å². The fourth-order valence-corrected chi connectivity index (χ4v) is 2.45. The Morgan fingerprint density at radius 1 is 1.26 bits per heavy atom. The number of rotatable bonds is 2. The first-order chi connectivity index (χ1) is 8.82. The highest BCUT2D eigenvalue weighted by Crippen LogP contribution is 2.32. The monoisotopic (exact) mass is 305 g/mol. The maximum absolute atomic E-state index is 14.1. The zero-order chi connectivity index (χ0) is 14.2. The zero-order valence-corrected chi connectivity index (χ0v) is 10.7. The Bertz CT molecular complexity index is 738. The van der Waals surface area contributed by atoms with E-state index >= 15 is 0 Å². The molecule has 100 valence electrons. The van der Waals surface area contributed by atoms with E-state index in [0.717, 1.165) is 12.4 Å². The average Bonchev–Trinajstić information content (AvgIpc) is 2.33. The molecule has 0 amide bonds. The highest BCUT2D eigenvalue weighted by molar-refractivity contribution is 7.89. The van der Waals surface area contributed by atoms with Crippen LogP contribution in [0.5, 0.6) is 0 Å². The molecule has 0 fully saturated rings. The Kier molecular flexibility index (Phi) is 3.48. The third kappa shape index (κ3) is 2.55. The van der Waals surface area contributed by atoms with Gasteiger partial charge >= 0.3 is 0 Å². The first-order valence-electron chi connectivity index (χ1n) is 4.79. The summed E-state index contributed by atoms with van der Waals surface area (Å²) in [5.74, 6) is -2.78. The molecule has 0 aliphatic rings. The predicted molar refractivity (Wildman–Crippen MR) is 63.8 cm³/mol. The predicted octanol–water partition coefficient (Wildman–Crippen LogP) is 1.72. The van der Waals surface area contributed by atoms with Gasteiger partial charge in [0.1, 0.15) is 6.33 Å². The van der Waals surface area contributed by atoms with Gasteiger partial charge in [-0.05, 0) is 12.1 Å². The quantitative estimate of drug-likeness (QED) is 0.856. The third-order valence-corrected chi connectivity index (χ3v) is 3.46. The second-order valence-corrected chi connectivity index (χ2v) is 5.41. The highest BCUT2D eigenvalue weighted by Gasteiger charge is 2.26. The molecule has 0 saturated heterocycles. The van der Waals surface area contributed by atoms with Gasteiger partial charge in [-0.2, -0.15) is 0 Å². The summed E-state index contributed by atoms with van der Waals surface area (Å²) in [4.78, 5) is 6.08. The van der Waals surface area contributed by atoms with Crippen molar-refractivity contribution >= 4 is 21.6 Å². The van der Waals surface area contributed by atoms with Crippen molar-refractivity contribution in [3.63, 3.8) is 0 Å². The molecule has 2 N–H and O–H groups in total. The minimum atomic E-state index is -4.60. The lowest BCUT2D eigenvalue weighted by Crippen LogP contribution is -2.17. The van der Waals surface area contributed by atoms with E-state index in [9.17, 15) is 17.2 Å². The van der Waals surface area contributed by atoms with Crippen LogP contribution in [0.4, 0.5) is 8.78 Å². The summed E-state index contributed by atoms with van der Waals surface area (Å²) in [5.41, 5.74) is -0.225. The van der Waals surface area contributed by atoms with E-state index < -0.39 is 31.6 Å². The van der Waals surface area contributed by atoms with Crippen molar-refractivity contribution in [2.45, 2.75) is 4.90 Å². The van der Waals surface area contributed by atoms with Crippen molar-refractivity contribution in [2.75, 3.05) is 0 Å². The van der Waals surface area contributed by atoms with Crippen molar-refractivity contribution in [3.05, 3.63) is 41.3 Å². The maximum atomic E-state index is 14.1. The molecule has 1 aromatic heterocycles. The minimum Gasteiger partial charge on any atom is -0.245 e. The zero-order valence-electron chi connectivity index (χ0n) is 9.14. The SMILES string of the molecule is NS(=O)(=O)c1c(F)c(Cl)cc(-c2ccncn2)c1F. The van der Waals surface area contributed by atoms with Crippen LogP contribution in [-0.4, -0.2) is 18.4 Å². The summed E-state index contributed by atoms with van der Waals surface area (Å²) in [7, 11) is -4.60. The lowest BCUT2D eigenvalue weighted by molar-refractivity contribution is 0.522. The normalized spacial score (nSPS) is 11.6. The molecule has 0 aliphatic heterocycles. The molecule has 1 heterocycles. The molecule has 9 heteroatoms. The Balaban J connectivity index is 2.83. The van der Waals surface area contributed by atoms with Crippen LogP contribution in [0.1, 0.15) is 0 Å². The van der Waals surface area contributed by atoms with Gasteiger partial charge in [0.2, 0.25) is 10.0 Å². The van der Waals surface area contributed by atoms with Crippen LogP contribution < -0.4 is 5.14 Å². The van der Waals surface area contributed by atoms with Crippen molar-refractivity contribution in [1.29, 1.82) is 0 Å². The fraction of sp³-hybridized carbons (Fsp3) is 0. The first-order valence-corrected chi connectivity index (χ1v) is 6.71. The summed E-state index contributed by atoms with van der Waals surface area (Å²) in [5, 5.41) is 4.20. The molecule has 1 aromatic carbocycles. The molecular weight excluding hydrogens is 300 g/mol. The van der Waals surface area contributed by atoms with Crippen LogP contribution in [0, 0.1) is 11.6 Å². The maximum Gasteiger partial charge on any atom is 0.243 e. The number of halogens is 3. The second kappa shape index (κ2) is 4.80. The van der Waals surface area contributed by atoms with Crippen LogP contribution in [0.15, 0.2) is 29.6 Å². The second-order valence-electron chi connectivity index (χ2n) is 3.50. The first kappa shape index (κ1) is 13.8. The number of benzene rings is 1. The summed E-state index contributed by atoms with van der Waals surface area (Å²) in [6, 6.07) is 2.25. The molecule has 0 radical (unpaired) electrons. The van der Waals surface area contributed by atoms with Gasteiger partial charge in [-0.1, -0.05) is 11.6 Å². The Hall–Kier alpha value is -1.64. The molecule has 0 bridgehead atoms. The Labute approximate surface area is 112 Å². The smallest absolute Gasteiger partial charge is 0.243 e. The topological polar surface area (TPSA) is 85.9 Å². The molecule has 0 spiro atoms. The van der Waals surface area contributed by atoms with E-state index in [1.165, 1.54) is 12.3 Å². The van der Waals surface area contributed by atoms with Crippen LogP contribution >= 0.6 is 11.6 Å². The number of hydrogen-bond acceptors (Lipinski definition) is 4. The minimum absolute atomic E-state index is 0.0549. The summed E-state index contributed by atoms with van der Waals surface area (Å²) in [6.45, 7) is 0. The fourth-order valence-electron chi connectivity index (χ4n) is 1.47. The third-order valence-electron chi connectivity index (χ3n) is 2.26. The number of nitrogens with zero attached hydrogens (tertiary/aromatic N) is 2. The number of primary sulfonamides is 1. The Morgan fingerprint density at radius 3 is 2.47 bits per heavy atom. The van der Waals surface area contributed by atoms with E-state index in [1.807, 2.05) is 0 Å². The molecule has 0 unspecified atom stereocenters.